The molecule has 0 aliphatic rings. The molecule has 1 aromatic heterocycles. The minimum atomic E-state index is -0.189. The molecule has 0 aliphatic carbocycles. The van der Waals surface area contributed by atoms with E-state index in [2.05, 4.69) is 10.4 Å². The molecular weight excluding hydrogens is 292 g/mol. The summed E-state index contributed by atoms with van der Waals surface area (Å²) in [5, 5.41) is 16.1. The molecule has 124 valence electrons. The van der Waals surface area contributed by atoms with E-state index in [0.29, 0.717) is 25.2 Å². The molecule has 0 unspecified atom stereocenters. The van der Waals surface area contributed by atoms with E-state index >= 15 is 0 Å². The van der Waals surface area contributed by atoms with Crippen molar-refractivity contribution < 1.29 is 9.90 Å². The van der Waals surface area contributed by atoms with Gasteiger partial charge >= 0.3 is 6.03 Å². The summed E-state index contributed by atoms with van der Waals surface area (Å²) in [6, 6.07) is 9.86. The van der Waals surface area contributed by atoms with Crippen molar-refractivity contribution in [3.63, 3.8) is 0 Å². The van der Waals surface area contributed by atoms with Crippen LogP contribution in [-0.4, -0.2) is 39.0 Å². The molecule has 2 N–H and O–H groups in total. The van der Waals surface area contributed by atoms with Crippen LogP contribution in [0.1, 0.15) is 31.9 Å². The minimum Gasteiger partial charge on any atom is -0.396 e. The van der Waals surface area contributed by atoms with Crippen LogP contribution in [0.2, 0.25) is 0 Å². The number of hydrogen-bond donors (Lipinski definition) is 2. The Hall–Kier alpha value is -2.34. The smallest absolute Gasteiger partial charge is 0.322 e. The van der Waals surface area contributed by atoms with Gasteiger partial charge < -0.3 is 15.3 Å². The summed E-state index contributed by atoms with van der Waals surface area (Å²) in [5.74, 6) is 0. The average Bonchev–Trinajstić information content (AvgIpc) is 3.01. The molecule has 0 aliphatic heterocycles. The van der Waals surface area contributed by atoms with Gasteiger partial charge in [-0.15, -0.1) is 0 Å². The topological polar surface area (TPSA) is 70.4 Å². The molecule has 0 spiro atoms. The first-order chi connectivity index (χ1) is 11.1. The van der Waals surface area contributed by atoms with Gasteiger partial charge in [0.1, 0.15) is 0 Å². The van der Waals surface area contributed by atoms with Crippen LogP contribution in [0.4, 0.5) is 10.5 Å². The number of carbonyl (C=O) groups is 1. The third-order valence-corrected chi connectivity index (χ3v) is 3.47. The zero-order chi connectivity index (χ0) is 16.7. The molecule has 0 fully saturated rings. The fourth-order valence-corrected chi connectivity index (χ4v) is 2.21. The molecule has 0 radical (unpaired) electrons. The molecule has 1 aromatic carbocycles. The normalized spacial score (nSPS) is 10.8. The van der Waals surface area contributed by atoms with E-state index in [9.17, 15) is 4.79 Å². The first-order valence-corrected chi connectivity index (χ1v) is 7.85. The molecule has 2 amide bonds. The Morgan fingerprint density at radius 1 is 1.35 bits per heavy atom. The van der Waals surface area contributed by atoms with Gasteiger partial charge in [-0.1, -0.05) is 30.3 Å². The number of aliphatic hydroxyl groups excluding tert-OH is 1. The zero-order valence-corrected chi connectivity index (χ0v) is 13.6. The Morgan fingerprint density at radius 3 is 2.70 bits per heavy atom. The number of anilines is 1. The van der Waals surface area contributed by atoms with Crippen molar-refractivity contribution in [3.8, 4) is 0 Å². The lowest BCUT2D eigenvalue weighted by Crippen LogP contribution is -2.35. The molecular formula is C17H24N4O2. The fraction of sp³-hybridized carbons (Fsp3) is 0.412. The molecule has 2 rings (SSSR count). The molecule has 6 nitrogen and oxygen atoms in total. The number of nitrogens with one attached hydrogen (secondary N) is 1. The highest BCUT2D eigenvalue weighted by Crippen LogP contribution is 2.12. The van der Waals surface area contributed by atoms with Crippen molar-refractivity contribution in [2.75, 3.05) is 18.5 Å². The lowest BCUT2D eigenvalue weighted by atomic mass is 10.2. The van der Waals surface area contributed by atoms with Gasteiger partial charge in [-0.2, -0.15) is 5.10 Å². The lowest BCUT2D eigenvalue weighted by Gasteiger charge is -2.22. The van der Waals surface area contributed by atoms with Gasteiger partial charge in [-0.3, -0.25) is 4.68 Å². The lowest BCUT2D eigenvalue weighted by molar-refractivity contribution is 0.199. The maximum absolute atomic E-state index is 12.5. The average molecular weight is 316 g/mol. The van der Waals surface area contributed by atoms with Crippen LogP contribution in [0.5, 0.6) is 0 Å². The number of benzene rings is 1. The number of aliphatic hydroxyl groups is 1. The quantitative estimate of drug-likeness (QED) is 0.825. The van der Waals surface area contributed by atoms with E-state index in [1.165, 1.54) is 0 Å². The maximum atomic E-state index is 12.5. The van der Waals surface area contributed by atoms with Gasteiger partial charge in [0.2, 0.25) is 0 Å². The van der Waals surface area contributed by atoms with Crippen LogP contribution in [0, 0.1) is 0 Å². The predicted octanol–water partition coefficient (Wildman–Crippen LogP) is 2.88. The highest BCUT2D eigenvalue weighted by molar-refractivity contribution is 5.89. The molecule has 6 heteroatoms. The number of nitrogens with zero attached hydrogens (tertiary/aromatic N) is 3. The van der Waals surface area contributed by atoms with E-state index in [1.807, 2.05) is 50.4 Å². The second-order valence-electron chi connectivity index (χ2n) is 5.72. The van der Waals surface area contributed by atoms with Gasteiger partial charge in [-0.25, -0.2) is 4.79 Å². The summed E-state index contributed by atoms with van der Waals surface area (Å²) in [4.78, 5) is 14.2. The van der Waals surface area contributed by atoms with Crippen LogP contribution in [0.3, 0.4) is 0 Å². The second kappa shape index (κ2) is 8.33. The maximum Gasteiger partial charge on any atom is 0.322 e. The van der Waals surface area contributed by atoms with E-state index < -0.39 is 0 Å². The Balaban J connectivity index is 2.03. The predicted molar refractivity (Wildman–Crippen MR) is 90.2 cm³/mol. The number of urea groups is 1. The van der Waals surface area contributed by atoms with Crippen LogP contribution >= 0.6 is 0 Å². The van der Waals surface area contributed by atoms with E-state index in [0.717, 1.165) is 5.56 Å². The standard InChI is InChI=1S/C17H24N4O2/c1-14(2)21-13-16(11-18-21)19-17(23)20(9-6-10-22)12-15-7-4-3-5-8-15/h3-5,7-8,11,13-14,22H,6,9-10,12H2,1-2H3,(H,19,23). The second-order valence-corrected chi connectivity index (χ2v) is 5.72. The fourth-order valence-electron chi connectivity index (χ4n) is 2.21. The van der Waals surface area contributed by atoms with Crippen LogP contribution in [-0.2, 0) is 6.54 Å². The largest absolute Gasteiger partial charge is 0.396 e. The molecule has 0 saturated heterocycles. The monoisotopic (exact) mass is 316 g/mol. The molecule has 0 saturated carbocycles. The SMILES string of the molecule is CC(C)n1cc(NC(=O)N(CCCO)Cc2ccccc2)cn1. The number of amides is 2. The molecule has 0 bridgehead atoms. The number of rotatable bonds is 7. The summed E-state index contributed by atoms with van der Waals surface area (Å²) in [6.45, 7) is 5.12. The first kappa shape index (κ1) is 17.0. The summed E-state index contributed by atoms with van der Waals surface area (Å²) < 4.78 is 1.80. The van der Waals surface area contributed by atoms with E-state index in [1.54, 1.807) is 15.8 Å². The zero-order valence-electron chi connectivity index (χ0n) is 13.6. The van der Waals surface area contributed by atoms with Crippen molar-refractivity contribution in [2.24, 2.45) is 0 Å². The highest BCUT2D eigenvalue weighted by atomic mass is 16.3. The molecule has 1 heterocycles. The van der Waals surface area contributed by atoms with Crippen molar-refractivity contribution in [1.29, 1.82) is 0 Å². The first-order valence-electron chi connectivity index (χ1n) is 7.85. The number of aromatic nitrogens is 2. The van der Waals surface area contributed by atoms with Crippen LogP contribution in [0.25, 0.3) is 0 Å². The Bertz CT molecular complexity index is 610. The van der Waals surface area contributed by atoms with E-state index in [4.69, 9.17) is 5.11 Å². The van der Waals surface area contributed by atoms with Gasteiger partial charge in [0, 0.05) is 31.9 Å². The molecule has 0 atom stereocenters. The van der Waals surface area contributed by atoms with Crippen molar-refractivity contribution in [3.05, 3.63) is 48.3 Å². The summed E-state index contributed by atoms with van der Waals surface area (Å²) in [6.07, 6.45) is 4.01. The minimum absolute atomic E-state index is 0.0594. The van der Waals surface area contributed by atoms with E-state index in [-0.39, 0.29) is 18.7 Å². The Kier molecular flexibility index (Phi) is 6.17. The number of carbonyl (C=O) groups excluding carboxylic acids is 1. The third kappa shape index (κ3) is 5.10. The summed E-state index contributed by atoms with van der Waals surface area (Å²) in [7, 11) is 0. The van der Waals surface area contributed by atoms with Gasteiger partial charge in [0.05, 0.1) is 11.9 Å². The number of hydrogen-bond acceptors (Lipinski definition) is 3. The third-order valence-electron chi connectivity index (χ3n) is 3.47. The summed E-state index contributed by atoms with van der Waals surface area (Å²) >= 11 is 0. The van der Waals surface area contributed by atoms with Crippen molar-refractivity contribution in [2.45, 2.75) is 32.9 Å². The Labute approximate surface area is 136 Å². The van der Waals surface area contributed by atoms with Crippen molar-refractivity contribution >= 4 is 11.7 Å². The molecule has 23 heavy (non-hydrogen) atoms. The Morgan fingerprint density at radius 2 is 2.09 bits per heavy atom. The van der Waals surface area contributed by atoms with Crippen LogP contribution < -0.4 is 5.32 Å². The molecule has 2 aromatic rings. The van der Waals surface area contributed by atoms with Gasteiger partial charge in [-0.05, 0) is 25.8 Å². The van der Waals surface area contributed by atoms with Gasteiger partial charge in [0.25, 0.3) is 0 Å². The van der Waals surface area contributed by atoms with Crippen molar-refractivity contribution in [1.82, 2.24) is 14.7 Å². The van der Waals surface area contributed by atoms with Crippen LogP contribution in [0.15, 0.2) is 42.7 Å². The highest BCUT2D eigenvalue weighted by Gasteiger charge is 2.15. The summed E-state index contributed by atoms with van der Waals surface area (Å²) in [5.41, 5.74) is 1.73. The van der Waals surface area contributed by atoms with Gasteiger partial charge in [0.15, 0.2) is 0 Å².